The van der Waals surface area contributed by atoms with Crippen LogP contribution in [0.4, 0.5) is 0 Å². The van der Waals surface area contributed by atoms with Gasteiger partial charge in [0, 0.05) is 17.6 Å². The number of benzene rings is 1. The highest BCUT2D eigenvalue weighted by molar-refractivity contribution is 7.09. The molecule has 0 radical (unpaired) electrons. The minimum absolute atomic E-state index is 0.204. The van der Waals surface area contributed by atoms with E-state index in [-0.39, 0.29) is 6.04 Å². The molecule has 4 nitrogen and oxygen atoms in total. The van der Waals surface area contributed by atoms with Crippen LogP contribution in [0.1, 0.15) is 29.2 Å². The van der Waals surface area contributed by atoms with Crippen molar-refractivity contribution in [3.63, 3.8) is 0 Å². The van der Waals surface area contributed by atoms with Crippen molar-refractivity contribution < 1.29 is 9.47 Å². The van der Waals surface area contributed by atoms with Gasteiger partial charge in [-0.25, -0.2) is 4.98 Å². The number of hydrogen-bond acceptors (Lipinski definition) is 5. The Morgan fingerprint density at radius 3 is 2.95 bits per heavy atom. The number of nitrogens with zero attached hydrogens (tertiary/aromatic N) is 1. The van der Waals surface area contributed by atoms with Crippen LogP contribution in [0.2, 0.25) is 5.02 Å². The van der Waals surface area contributed by atoms with Gasteiger partial charge < -0.3 is 14.8 Å². The van der Waals surface area contributed by atoms with Gasteiger partial charge in [-0.3, -0.25) is 0 Å². The molecule has 1 atom stereocenters. The standard InChI is InChI=1S/C15H17ClN2O2S/c1-9-8-21-15(18-9)10(2)17-7-11-5-12(16)14-13(6-11)19-3-4-20-14/h5-6,8,10,17H,3-4,7H2,1-2H3. The van der Waals surface area contributed by atoms with Gasteiger partial charge in [-0.05, 0) is 31.5 Å². The van der Waals surface area contributed by atoms with Crippen LogP contribution in [0, 0.1) is 6.92 Å². The highest BCUT2D eigenvalue weighted by Crippen LogP contribution is 2.38. The molecule has 0 saturated carbocycles. The number of aromatic nitrogens is 1. The lowest BCUT2D eigenvalue weighted by Crippen LogP contribution is -2.19. The van der Waals surface area contributed by atoms with Crippen molar-refractivity contribution in [2.75, 3.05) is 13.2 Å². The second-order valence-electron chi connectivity index (χ2n) is 5.03. The van der Waals surface area contributed by atoms with E-state index in [1.807, 2.05) is 19.1 Å². The van der Waals surface area contributed by atoms with Crippen molar-refractivity contribution in [2.45, 2.75) is 26.4 Å². The van der Waals surface area contributed by atoms with Crippen LogP contribution in [-0.4, -0.2) is 18.2 Å². The Labute approximate surface area is 133 Å². The number of aryl methyl sites for hydroxylation is 1. The predicted molar refractivity (Wildman–Crippen MR) is 84.5 cm³/mol. The van der Waals surface area contributed by atoms with Crippen molar-refractivity contribution in [2.24, 2.45) is 0 Å². The molecule has 3 rings (SSSR count). The zero-order valence-corrected chi connectivity index (χ0v) is 13.6. The van der Waals surface area contributed by atoms with Gasteiger partial charge in [0.25, 0.3) is 0 Å². The number of fused-ring (bicyclic) bond motifs is 1. The lowest BCUT2D eigenvalue weighted by Gasteiger charge is -2.20. The van der Waals surface area contributed by atoms with E-state index in [1.165, 1.54) is 0 Å². The molecular weight excluding hydrogens is 308 g/mol. The molecule has 0 amide bonds. The predicted octanol–water partition coefficient (Wildman–Crippen LogP) is 3.73. The summed E-state index contributed by atoms with van der Waals surface area (Å²) in [7, 11) is 0. The fourth-order valence-electron chi connectivity index (χ4n) is 2.20. The van der Waals surface area contributed by atoms with E-state index in [0.717, 1.165) is 22.0 Å². The number of ether oxygens (including phenoxy) is 2. The van der Waals surface area contributed by atoms with Crippen molar-refractivity contribution in [1.82, 2.24) is 10.3 Å². The fraction of sp³-hybridized carbons (Fsp3) is 0.400. The van der Waals surface area contributed by atoms with E-state index in [0.29, 0.717) is 30.5 Å². The summed E-state index contributed by atoms with van der Waals surface area (Å²) in [5.41, 5.74) is 2.13. The lowest BCUT2D eigenvalue weighted by atomic mass is 10.2. The Balaban J connectivity index is 1.69. The molecule has 6 heteroatoms. The Morgan fingerprint density at radius 2 is 2.19 bits per heavy atom. The van der Waals surface area contributed by atoms with Crippen molar-refractivity contribution in [3.8, 4) is 11.5 Å². The highest BCUT2D eigenvalue weighted by atomic mass is 35.5. The number of rotatable bonds is 4. The molecule has 112 valence electrons. The van der Waals surface area contributed by atoms with E-state index in [9.17, 15) is 0 Å². The molecule has 1 unspecified atom stereocenters. The summed E-state index contributed by atoms with van der Waals surface area (Å²) in [4.78, 5) is 4.50. The molecule has 0 saturated heterocycles. The summed E-state index contributed by atoms with van der Waals surface area (Å²) >= 11 is 7.91. The maximum absolute atomic E-state index is 6.24. The van der Waals surface area contributed by atoms with Crippen LogP contribution >= 0.6 is 22.9 Å². The van der Waals surface area contributed by atoms with Crippen LogP contribution < -0.4 is 14.8 Å². The topological polar surface area (TPSA) is 43.4 Å². The largest absolute Gasteiger partial charge is 0.486 e. The van der Waals surface area contributed by atoms with E-state index in [4.69, 9.17) is 21.1 Å². The first-order valence-electron chi connectivity index (χ1n) is 6.87. The Bertz CT molecular complexity index is 645. The van der Waals surface area contributed by atoms with Crippen molar-refractivity contribution in [3.05, 3.63) is 38.8 Å². The molecule has 0 fully saturated rings. The molecule has 1 N–H and O–H groups in total. The zero-order chi connectivity index (χ0) is 14.8. The quantitative estimate of drug-likeness (QED) is 0.930. The molecule has 1 aliphatic heterocycles. The van der Waals surface area contributed by atoms with Gasteiger partial charge in [0.15, 0.2) is 11.5 Å². The minimum Gasteiger partial charge on any atom is -0.486 e. The third-order valence-corrected chi connectivity index (χ3v) is 4.70. The second kappa shape index (κ2) is 6.22. The van der Waals surface area contributed by atoms with Gasteiger partial charge in [-0.15, -0.1) is 11.3 Å². The van der Waals surface area contributed by atoms with Gasteiger partial charge in [0.05, 0.1) is 11.1 Å². The van der Waals surface area contributed by atoms with E-state index >= 15 is 0 Å². The van der Waals surface area contributed by atoms with Gasteiger partial charge in [0.1, 0.15) is 18.2 Å². The monoisotopic (exact) mass is 324 g/mol. The molecule has 0 bridgehead atoms. The van der Waals surface area contributed by atoms with Crippen molar-refractivity contribution >= 4 is 22.9 Å². The molecule has 1 aromatic carbocycles. The highest BCUT2D eigenvalue weighted by Gasteiger charge is 2.17. The fourth-order valence-corrected chi connectivity index (χ4v) is 3.31. The molecular formula is C15H17ClN2O2S. The summed E-state index contributed by atoms with van der Waals surface area (Å²) in [5.74, 6) is 1.37. The van der Waals surface area contributed by atoms with E-state index in [2.05, 4.69) is 22.6 Å². The van der Waals surface area contributed by atoms with Crippen LogP contribution in [0.15, 0.2) is 17.5 Å². The van der Waals surface area contributed by atoms with E-state index in [1.54, 1.807) is 11.3 Å². The molecule has 1 aliphatic rings. The molecule has 0 aliphatic carbocycles. The molecule has 2 aromatic rings. The average Bonchev–Trinajstić information content (AvgIpc) is 2.91. The normalized spacial score (nSPS) is 15.0. The van der Waals surface area contributed by atoms with Gasteiger partial charge in [-0.2, -0.15) is 0 Å². The summed E-state index contributed by atoms with van der Waals surface area (Å²) in [6.07, 6.45) is 0. The van der Waals surface area contributed by atoms with Gasteiger partial charge in [-0.1, -0.05) is 11.6 Å². The maximum Gasteiger partial charge on any atom is 0.179 e. The van der Waals surface area contributed by atoms with Crippen molar-refractivity contribution in [1.29, 1.82) is 0 Å². The van der Waals surface area contributed by atoms with Crippen LogP contribution in [0.5, 0.6) is 11.5 Å². The molecule has 2 heterocycles. The molecule has 1 aromatic heterocycles. The number of nitrogens with one attached hydrogen (secondary N) is 1. The Hall–Kier alpha value is -1.30. The summed E-state index contributed by atoms with van der Waals surface area (Å²) in [6.45, 7) is 5.93. The van der Waals surface area contributed by atoms with Crippen LogP contribution in [0.25, 0.3) is 0 Å². The summed E-state index contributed by atoms with van der Waals surface area (Å²) in [6, 6.07) is 4.10. The van der Waals surface area contributed by atoms with Gasteiger partial charge >= 0.3 is 0 Å². The molecule has 0 spiro atoms. The smallest absolute Gasteiger partial charge is 0.179 e. The minimum atomic E-state index is 0.204. The summed E-state index contributed by atoms with van der Waals surface area (Å²) < 4.78 is 11.1. The first-order valence-corrected chi connectivity index (χ1v) is 8.12. The average molecular weight is 325 g/mol. The Morgan fingerprint density at radius 1 is 1.38 bits per heavy atom. The summed E-state index contributed by atoms with van der Waals surface area (Å²) in [5, 5.41) is 7.21. The zero-order valence-electron chi connectivity index (χ0n) is 12.0. The number of hydrogen-bond donors (Lipinski definition) is 1. The SMILES string of the molecule is Cc1csc(C(C)NCc2cc(Cl)c3c(c2)OCCO3)n1. The van der Waals surface area contributed by atoms with Gasteiger partial charge in [0.2, 0.25) is 0 Å². The third-order valence-electron chi connectivity index (χ3n) is 3.28. The number of halogens is 1. The maximum atomic E-state index is 6.24. The van der Waals surface area contributed by atoms with Crippen LogP contribution in [-0.2, 0) is 6.54 Å². The number of thiazole rings is 1. The lowest BCUT2D eigenvalue weighted by molar-refractivity contribution is 0.171. The first kappa shape index (κ1) is 14.6. The van der Waals surface area contributed by atoms with E-state index < -0.39 is 0 Å². The second-order valence-corrected chi connectivity index (χ2v) is 6.33. The Kier molecular flexibility index (Phi) is 4.33. The first-order chi connectivity index (χ1) is 10.1. The molecule has 21 heavy (non-hydrogen) atoms. The third kappa shape index (κ3) is 3.31. The van der Waals surface area contributed by atoms with Crippen LogP contribution in [0.3, 0.4) is 0 Å².